The molecule has 1 N–H and O–H groups in total. The standard InChI is InChI=1S/C16H25N5O2/c1-11(2)10-21(14-7-8-18-13(9-17)19-14)20-15(22)23-12(3)16(4,5)6/h7-8,11-12H,10H2,1-6H3,(H,20,22). The van der Waals surface area contributed by atoms with Gasteiger partial charge in [0.05, 0.1) is 0 Å². The third-order valence-corrected chi connectivity index (χ3v) is 3.29. The molecule has 0 saturated carbocycles. The monoisotopic (exact) mass is 319 g/mol. The number of carbonyl (C=O) groups excluding carboxylic acids is 1. The van der Waals surface area contributed by atoms with E-state index in [2.05, 4.69) is 15.4 Å². The molecule has 1 aromatic rings. The van der Waals surface area contributed by atoms with Crippen LogP contribution in [0.5, 0.6) is 0 Å². The summed E-state index contributed by atoms with van der Waals surface area (Å²) in [6, 6.07) is 3.52. The summed E-state index contributed by atoms with van der Waals surface area (Å²) in [7, 11) is 0. The highest BCUT2D eigenvalue weighted by Crippen LogP contribution is 2.21. The van der Waals surface area contributed by atoms with E-state index < -0.39 is 6.09 Å². The maximum absolute atomic E-state index is 12.1. The molecule has 1 atom stereocenters. The molecule has 1 rings (SSSR count). The first-order chi connectivity index (χ1) is 10.6. The van der Waals surface area contributed by atoms with Crippen LogP contribution in [-0.2, 0) is 4.74 Å². The van der Waals surface area contributed by atoms with Crippen LogP contribution in [0, 0.1) is 22.7 Å². The van der Waals surface area contributed by atoms with Gasteiger partial charge in [0.2, 0.25) is 5.82 Å². The molecule has 0 aliphatic rings. The SMILES string of the molecule is CC(C)CN(NC(=O)OC(C)C(C)(C)C)c1ccnc(C#N)n1. The van der Waals surface area contributed by atoms with Gasteiger partial charge in [-0.15, -0.1) is 0 Å². The Kier molecular flexibility index (Phi) is 6.31. The van der Waals surface area contributed by atoms with Crippen molar-refractivity contribution in [3.63, 3.8) is 0 Å². The Morgan fingerprint density at radius 3 is 2.61 bits per heavy atom. The van der Waals surface area contributed by atoms with Gasteiger partial charge in [-0.2, -0.15) is 10.2 Å². The molecule has 1 heterocycles. The zero-order valence-corrected chi connectivity index (χ0v) is 14.6. The maximum atomic E-state index is 12.1. The van der Waals surface area contributed by atoms with Crippen molar-refractivity contribution in [3.8, 4) is 6.07 Å². The second-order valence-corrected chi connectivity index (χ2v) is 6.88. The zero-order chi connectivity index (χ0) is 17.6. The lowest BCUT2D eigenvalue weighted by molar-refractivity contribution is 0.0431. The number of ether oxygens (including phenoxy) is 1. The highest BCUT2D eigenvalue weighted by atomic mass is 16.6. The fourth-order valence-corrected chi connectivity index (χ4v) is 1.59. The van der Waals surface area contributed by atoms with Crippen molar-refractivity contribution in [2.45, 2.75) is 47.6 Å². The summed E-state index contributed by atoms with van der Waals surface area (Å²) in [5, 5.41) is 10.5. The number of anilines is 1. The van der Waals surface area contributed by atoms with Crippen LogP contribution in [0.15, 0.2) is 12.3 Å². The summed E-state index contributed by atoms with van der Waals surface area (Å²) in [6.45, 7) is 12.4. The van der Waals surface area contributed by atoms with E-state index in [0.717, 1.165) is 0 Å². The molecule has 0 fully saturated rings. The van der Waals surface area contributed by atoms with E-state index in [1.807, 2.05) is 47.6 Å². The fourth-order valence-electron chi connectivity index (χ4n) is 1.59. The molecule has 7 nitrogen and oxygen atoms in total. The Labute approximate surface area is 137 Å². The first-order valence-electron chi connectivity index (χ1n) is 7.61. The van der Waals surface area contributed by atoms with Gasteiger partial charge in [0.1, 0.15) is 12.2 Å². The summed E-state index contributed by atoms with van der Waals surface area (Å²) in [4.78, 5) is 20.1. The largest absolute Gasteiger partial charge is 0.445 e. The predicted octanol–water partition coefficient (Wildman–Crippen LogP) is 2.89. The normalized spacial score (nSPS) is 12.4. The molecule has 1 amide bonds. The van der Waals surface area contributed by atoms with E-state index >= 15 is 0 Å². The van der Waals surface area contributed by atoms with Crippen LogP contribution in [0.4, 0.5) is 10.6 Å². The molecule has 126 valence electrons. The van der Waals surface area contributed by atoms with Crippen molar-refractivity contribution in [3.05, 3.63) is 18.1 Å². The number of hydrazine groups is 1. The van der Waals surface area contributed by atoms with Crippen molar-refractivity contribution < 1.29 is 9.53 Å². The molecule has 23 heavy (non-hydrogen) atoms. The van der Waals surface area contributed by atoms with E-state index in [9.17, 15) is 4.79 Å². The number of nitrogens with zero attached hydrogens (tertiary/aromatic N) is 4. The lowest BCUT2D eigenvalue weighted by Gasteiger charge is -2.30. The van der Waals surface area contributed by atoms with Crippen molar-refractivity contribution in [1.29, 1.82) is 5.26 Å². The Morgan fingerprint density at radius 2 is 2.09 bits per heavy atom. The Balaban J connectivity index is 2.87. The van der Waals surface area contributed by atoms with Gasteiger partial charge >= 0.3 is 6.09 Å². The van der Waals surface area contributed by atoms with Gasteiger partial charge in [-0.1, -0.05) is 34.6 Å². The number of hydrogen-bond acceptors (Lipinski definition) is 6. The minimum atomic E-state index is -0.551. The number of amides is 1. The second-order valence-electron chi connectivity index (χ2n) is 6.88. The van der Waals surface area contributed by atoms with Crippen molar-refractivity contribution >= 4 is 11.9 Å². The van der Waals surface area contributed by atoms with E-state index in [-0.39, 0.29) is 23.3 Å². The average Bonchev–Trinajstić information content (AvgIpc) is 2.45. The fraction of sp³-hybridized carbons (Fsp3) is 0.625. The molecule has 0 radical (unpaired) electrons. The number of carbonyl (C=O) groups is 1. The minimum absolute atomic E-state index is 0.0504. The number of nitrogens with one attached hydrogen (secondary N) is 1. The van der Waals surface area contributed by atoms with Gasteiger partial charge in [0.15, 0.2) is 5.82 Å². The lowest BCUT2D eigenvalue weighted by Crippen LogP contribution is -2.47. The molecule has 0 aliphatic carbocycles. The first kappa shape index (κ1) is 18.7. The molecule has 1 unspecified atom stereocenters. The molecule has 0 saturated heterocycles. The first-order valence-corrected chi connectivity index (χ1v) is 7.61. The van der Waals surface area contributed by atoms with Gasteiger partial charge in [0.25, 0.3) is 0 Å². The highest BCUT2D eigenvalue weighted by Gasteiger charge is 2.25. The van der Waals surface area contributed by atoms with Crippen LogP contribution >= 0.6 is 0 Å². The molecule has 7 heteroatoms. The summed E-state index contributed by atoms with van der Waals surface area (Å²) in [6.07, 6.45) is 0.688. The number of nitriles is 1. The summed E-state index contributed by atoms with van der Waals surface area (Å²) in [5.74, 6) is 0.774. The molecule has 0 aromatic carbocycles. The molecule has 1 aromatic heterocycles. The Morgan fingerprint density at radius 1 is 1.43 bits per heavy atom. The Hall–Kier alpha value is -2.36. The highest BCUT2D eigenvalue weighted by molar-refractivity contribution is 5.69. The van der Waals surface area contributed by atoms with Gasteiger partial charge in [-0.05, 0) is 18.3 Å². The van der Waals surface area contributed by atoms with E-state index in [0.29, 0.717) is 12.4 Å². The summed E-state index contributed by atoms with van der Waals surface area (Å²) >= 11 is 0. The van der Waals surface area contributed by atoms with Gasteiger partial charge in [-0.25, -0.2) is 15.2 Å². The molecule has 0 bridgehead atoms. The van der Waals surface area contributed by atoms with E-state index in [1.165, 1.54) is 6.20 Å². The number of aromatic nitrogens is 2. The van der Waals surface area contributed by atoms with E-state index in [4.69, 9.17) is 10.00 Å². The quantitative estimate of drug-likeness (QED) is 0.839. The Bertz CT molecular complexity index is 575. The van der Waals surface area contributed by atoms with Crippen LogP contribution < -0.4 is 10.4 Å². The van der Waals surface area contributed by atoms with Crippen molar-refractivity contribution in [2.75, 3.05) is 11.6 Å². The zero-order valence-electron chi connectivity index (χ0n) is 14.6. The lowest BCUT2D eigenvalue weighted by atomic mass is 9.90. The second kappa shape index (κ2) is 7.77. The van der Waals surface area contributed by atoms with Crippen molar-refractivity contribution in [2.24, 2.45) is 11.3 Å². The van der Waals surface area contributed by atoms with Gasteiger partial charge in [0, 0.05) is 18.8 Å². The number of hydrogen-bond donors (Lipinski definition) is 1. The topological polar surface area (TPSA) is 91.1 Å². The smallest absolute Gasteiger partial charge is 0.426 e. The summed E-state index contributed by atoms with van der Waals surface area (Å²) < 4.78 is 5.40. The van der Waals surface area contributed by atoms with Gasteiger partial charge < -0.3 is 4.74 Å². The third kappa shape index (κ3) is 6.10. The average molecular weight is 319 g/mol. The molecular formula is C16H25N5O2. The third-order valence-electron chi connectivity index (χ3n) is 3.29. The van der Waals surface area contributed by atoms with Crippen LogP contribution in [0.1, 0.15) is 47.4 Å². The van der Waals surface area contributed by atoms with Crippen LogP contribution in [-0.4, -0.2) is 28.7 Å². The summed E-state index contributed by atoms with van der Waals surface area (Å²) in [5.41, 5.74) is 2.54. The number of rotatable bonds is 5. The van der Waals surface area contributed by atoms with Crippen LogP contribution in [0.3, 0.4) is 0 Å². The van der Waals surface area contributed by atoms with E-state index in [1.54, 1.807) is 11.1 Å². The molecular weight excluding hydrogens is 294 g/mol. The minimum Gasteiger partial charge on any atom is -0.445 e. The maximum Gasteiger partial charge on any atom is 0.426 e. The predicted molar refractivity (Wildman–Crippen MR) is 87.5 cm³/mol. The molecule has 0 aliphatic heterocycles. The van der Waals surface area contributed by atoms with Gasteiger partial charge in [-0.3, -0.25) is 5.01 Å². The van der Waals surface area contributed by atoms with Crippen LogP contribution in [0.2, 0.25) is 0 Å². The van der Waals surface area contributed by atoms with Crippen molar-refractivity contribution in [1.82, 2.24) is 15.4 Å². The molecule has 0 spiro atoms. The van der Waals surface area contributed by atoms with Crippen LogP contribution in [0.25, 0.3) is 0 Å².